The Labute approximate surface area is 236 Å². The number of carbonyl (C=O) groups excluding carboxylic acids is 1. The van der Waals surface area contributed by atoms with Gasteiger partial charge >= 0.3 is 19.4 Å². The Balaban J connectivity index is 1.36. The number of carbonyl (C=O) groups is 1. The van der Waals surface area contributed by atoms with Crippen LogP contribution in [0.4, 0.5) is 22.4 Å². The number of hydrogen-bond donors (Lipinski definition) is 1. The van der Waals surface area contributed by atoms with Crippen LogP contribution in [0.5, 0.6) is 0 Å². The summed E-state index contributed by atoms with van der Waals surface area (Å²) in [5.74, 6) is -1.56. The minimum Gasteiger partial charge on any atom is -0.449 e. The average molecular weight is 567 g/mol. The number of nitrogens with one attached hydrogen (secondary N) is 1. The molecular weight excluding hydrogens is 537 g/mol. The molecule has 10 heteroatoms. The smallest absolute Gasteiger partial charge is 0.449 e. The molecule has 3 aromatic carbocycles. The van der Waals surface area contributed by atoms with E-state index >= 15 is 0 Å². The van der Waals surface area contributed by atoms with Gasteiger partial charge in [0.2, 0.25) is 0 Å². The van der Waals surface area contributed by atoms with Crippen molar-refractivity contribution in [3.8, 4) is 11.1 Å². The first-order valence-electron chi connectivity index (χ1n) is 13.3. The minimum atomic E-state index is -4.93. The maximum Gasteiger partial charge on any atom is 0.492 e. The van der Waals surface area contributed by atoms with Crippen molar-refractivity contribution in [2.24, 2.45) is 0 Å². The van der Waals surface area contributed by atoms with E-state index in [-0.39, 0.29) is 24.5 Å². The van der Waals surface area contributed by atoms with Crippen LogP contribution in [0.1, 0.15) is 55.9 Å². The zero-order valence-electron chi connectivity index (χ0n) is 23.1. The van der Waals surface area contributed by atoms with Crippen molar-refractivity contribution in [3.05, 3.63) is 100 Å². The monoisotopic (exact) mass is 567 g/mol. The zero-order chi connectivity index (χ0) is 29.6. The summed E-state index contributed by atoms with van der Waals surface area (Å²) >= 11 is 0. The second-order valence-electron chi connectivity index (χ2n) is 11.2. The van der Waals surface area contributed by atoms with E-state index in [1.807, 2.05) is 48.5 Å². The van der Waals surface area contributed by atoms with Crippen molar-refractivity contribution in [1.82, 2.24) is 5.32 Å². The molecule has 214 valence electrons. The van der Waals surface area contributed by atoms with Gasteiger partial charge in [0, 0.05) is 12.5 Å². The molecule has 0 saturated carbocycles. The Morgan fingerprint density at radius 2 is 1.49 bits per heavy atom. The molecular formula is C31H30BF4NO4. The van der Waals surface area contributed by atoms with Gasteiger partial charge in [-0.15, -0.1) is 0 Å². The fourth-order valence-corrected chi connectivity index (χ4v) is 5.18. The molecule has 0 atom stereocenters. The highest BCUT2D eigenvalue weighted by atomic mass is 19.4. The molecule has 5 nitrogen and oxygen atoms in total. The number of halogens is 4. The standard InChI is InChI=1S/C31H30BF4NO4/c1-29(2)30(3,4)41-32(40-29)20(16-19-10-9-15-26(33)27(19)31(34,35)36)17-37-28(38)39-18-25-23-13-7-5-11-21(23)22-12-6-8-14-24(22)25/h5-16,25H,17-18H2,1-4H3,(H,37,38). The molecule has 0 radical (unpaired) electrons. The molecule has 3 aromatic rings. The third-order valence-electron chi connectivity index (χ3n) is 8.01. The highest BCUT2D eigenvalue weighted by molar-refractivity contribution is 6.56. The third-order valence-corrected chi connectivity index (χ3v) is 8.01. The lowest BCUT2D eigenvalue weighted by molar-refractivity contribution is -0.140. The van der Waals surface area contributed by atoms with Crippen LogP contribution in [0.2, 0.25) is 0 Å². The van der Waals surface area contributed by atoms with Gasteiger partial charge in [0.25, 0.3) is 0 Å². The third kappa shape index (κ3) is 5.63. The molecule has 2 aliphatic rings. The van der Waals surface area contributed by atoms with Crippen molar-refractivity contribution >= 4 is 19.3 Å². The molecule has 0 aromatic heterocycles. The van der Waals surface area contributed by atoms with Gasteiger partial charge in [-0.3, -0.25) is 0 Å². The molecule has 1 amide bonds. The lowest BCUT2D eigenvalue weighted by Crippen LogP contribution is -2.41. The number of amides is 1. The molecule has 0 unspecified atom stereocenters. The van der Waals surface area contributed by atoms with E-state index in [0.717, 1.165) is 40.5 Å². The molecule has 0 bridgehead atoms. The maximum absolute atomic E-state index is 14.3. The van der Waals surface area contributed by atoms with Gasteiger partial charge < -0.3 is 19.4 Å². The molecule has 1 fully saturated rings. The number of alkyl carbamates (subject to hydrolysis) is 1. The fourth-order valence-electron chi connectivity index (χ4n) is 5.18. The first-order chi connectivity index (χ1) is 19.3. The van der Waals surface area contributed by atoms with Crippen LogP contribution in [0.25, 0.3) is 17.2 Å². The molecule has 0 spiro atoms. The second kappa shape index (κ2) is 10.7. The zero-order valence-corrected chi connectivity index (χ0v) is 23.1. The quantitative estimate of drug-likeness (QED) is 0.249. The van der Waals surface area contributed by atoms with E-state index in [1.54, 1.807) is 27.7 Å². The fraction of sp³-hybridized carbons (Fsp3) is 0.323. The van der Waals surface area contributed by atoms with Gasteiger partial charge in [-0.05, 0) is 67.1 Å². The summed E-state index contributed by atoms with van der Waals surface area (Å²) in [4.78, 5) is 12.8. The number of ether oxygens (including phenoxy) is 1. The predicted octanol–water partition coefficient (Wildman–Crippen LogP) is 7.40. The van der Waals surface area contributed by atoms with E-state index in [4.69, 9.17) is 14.0 Å². The first kappa shape index (κ1) is 28.9. The number of benzene rings is 3. The average Bonchev–Trinajstić information content (AvgIpc) is 3.33. The van der Waals surface area contributed by atoms with Gasteiger partial charge in [0.1, 0.15) is 12.4 Å². The second-order valence-corrected chi connectivity index (χ2v) is 11.2. The normalized spacial score (nSPS) is 17.8. The largest absolute Gasteiger partial charge is 0.492 e. The van der Waals surface area contributed by atoms with Gasteiger partial charge in [0.15, 0.2) is 0 Å². The summed E-state index contributed by atoms with van der Waals surface area (Å²) < 4.78 is 73.2. The van der Waals surface area contributed by atoms with Crippen molar-refractivity contribution in [1.29, 1.82) is 0 Å². The lowest BCUT2D eigenvalue weighted by Gasteiger charge is -2.32. The molecule has 5 rings (SSSR count). The molecule has 1 aliphatic heterocycles. The molecule has 41 heavy (non-hydrogen) atoms. The number of fused-ring (bicyclic) bond motifs is 3. The van der Waals surface area contributed by atoms with E-state index < -0.39 is 47.5 Å². The number of rotatable bonds is 6. The van der Waals surface area contributed by atoms with Crippen LogP contribution in [-0.2, 0) is 20.2 Å². The SMILES string of the molecule is CC1(C)OB(C(=Cc2cccc(F)c2C(F)(F)F)CNC(=O)OCC2c3ccccc3-c3ccccc32)OC1(C)C. The highest BCUT2D eigenvalue weighted by Crippen LogP contribution is 2.44. The molecule has 1 N–H and O–H groups in total. The number of alkyl halides is 3. The van der Waals surface area contributed by atoms with Crippen molar-refractivity contribution in [3.63, 3.8) is 0 Å². The maximum atomic E-state index is 14.3. The molecule has 1 heterocycles. The first-order valence-corrected chi connectivity index (χ1v) is 13.3. The minimum absolute atomic E-state index is 0.0670. The van der Waals surface area contributed by atoms with Gasteiger partial charge in [-0.1, -0.05) is 66.7 Å². The van der Waals surface area contributed by atoms with Gasteiger partial charge in [0.05, 0.1) is 16.8 Å². The van der Waals surface area contributed by atoms with Crippen LogP contribution in [-0.4, -0.2) is 37.6 Å². The van der Waals surface area contributed by atoms with Crippen molar-refractivity contribution in [2.45, 2.75) is 51.0 Å². The topological polar surface area (TPSA) is 56.8 Å². The van der Waals surface area contributed by atoms with Gasteiger partial charge in [-0.25, -0.2) is 9.18 Å². The summed E-state index contributed by atoms with van der Waals surface area (Å²) in [6, 6.07) is 18.9. The summed E-state index contributed by atoms with van der Waals surface area (Å²) in [5.41, 5.74) is 1.03. The Kier molecular flexibility index (Phi) is 7.50. The van der Waals surface area contributed by atoms with Crippen molar-refractivity contribution in [2.75, 3.05) is 13.2 Å². The Bertz CT molecular complexity index is 1440. The molecule has 1 saturated heterocycles. The number of hydrogen-bond acceptors (Lipinski definition) is 4. The van der Waals surface area contributed by atoms with E-state index in [0.29, 0.717) is 0 Å². The lowest BCUT2D eigenvalue weighted by atomic mass is 9.76. The summed E-state index contributed by atoms with van der Waals surface area (Å²) in [6.07, 6.45) is -4.54. The van der Waals surface area contributed by atoms with Gasteiger partial charge in [-0.2, -0.15) is 13.2 Å². The van der Waals surface area contributed by atoms with Crippen LogP contribution < -0.4 is 5.32 Å². The Morgan fingerprint density at radius 3 is 2.05 bits per heavy atom. The Morgan fingerprint density at radius 1 is 0.927 bits per heavy atom. The van der Waals surface area contributed by atoms with E-state index in [2.05, 4.69) is 5.32 Å². The summed E-state index contributed by atoms with van der Waals surface area (Å²) in [5, 5.41) is 2.61. The Hall–Kier alpha value is -3.63. The van der Waals surface area contributed by atoms with Crippen LogP contribution in [0.3, 0.4) is 0 Å². The summed E-state index contributed by atoms with van der Waals surface area (Å²) in [6.45, 7) is 7.01. The van der Waals surface area contributed by atoms with E-state index in [1.165, 1.54) is 6.07 Å². The van der Waals surface area contributed by atoms with Crippen LogP contribution in [0.15, 0.2) is 72.2 Å². The van der Waals surface area contributed by atoms with E-state index in [9.17, 15) is 22.4 Å². The molecule has 1 aliphatic carbocycles. The predicted molar refractivity (Wildman–Crippen MR) is 149 cm³/mol. The summed E-state index contributed by atoms with van der Waals surface area (Å²) in [7, 11) is -1.08. The van der Waals surface area contributed by atoms with Crippen molar-refractivity contribution < 1.29 is 36.4 Å². The highest BCUT2D eigenvalue weighted by Gasteiger charge is 2.52. The van der Waals surface area contributed by atoms with Crippen LogP contribution in [0, 0.1) is 5.82 Å². The van der Waals surface area contributed by atoms with Crippen LogP contribution >= 0.6 is 0 Å².